The highest BCUT2D eigenvalue weighted by Crippen LogP contribution is 1.77. The lowest BCUT2D eigenvalue weighted by molar-refractivity contribution is -0.116. The molecule has 4 heteroatoms. The molecule has 0 aromatic heterocycles. The third-order valence-corrected chi connectivity index (χ3v) is 0.856. The summed E-state index contributed by atoms with van der Waals surface area (Å²) >= 11 is 0. The Kier molecular flexibility index (Phi) is 2.76. The Hall–Kier alpha value is -0.240. The molecule has 0 spiro atoms. The second-order valence-electron chi connectivity index (χ2n) is 1.61. The number of nitrogens with two attached hydrogens (primary N) is 1. The summed E-state index contributed by atoms with van der Waals surface area (Å²) < 4.78 is 0. The van der Waals surface area contributed by atoms with Crippen molar-refractivity contribution < 1.29 is 4.79 Å². The van der Waals surface area contributed by atoms with Crippen LogP contribution in [0.3, 0.4) is 0 Å². The minimum Gasteiger partial charge on any atom is -0.328 e. The summed E-state index contributed by atoms with van der Waals surface area (Å²) in [6, 6.07) is 0. The molecule has 0 aromatic carbocycles. The first kappa shape index (κ1) is 6.76. The fourth-order valence-corrected chi connectivity index (χ4v) is 0.322. The molecule has 1 unspecified atom stereocenters. The van der Waals surface area contributed by atoms with Crippen molar-refractivity contribution in [1.82, 2.24) is 0 Å². The van der Waals surface area contributed by atoms with E-state index in [4.69, 9.17) is 5.73 Å². The lowest BCUT2D eigenvalue weighted by atomic mass is 9.86. The average molecular weight is 96.7 g/mol. The lowest BCUT2D eigenvalue weighted by Crippen LogP contribution is -2.29. The Balaban J connectivity index is 3.35. The van der Waals surface area contributed by atoms with Gasteiger partial charge in [-0.2, -0.15) is 0 Å². The lowest BCUT2D eigenvalue weighted by Gasteiger charge is -1.96. The van der Waals surface area contributed by atoms with Crippen LogP contribution in [-0.4, -0.2) is 27.4 Å². The molecule has 0 rings (SSSR count). The van der Waals surface area contributed by atoms with Crippen molar-refractivity contribution in [2.75, 3.05) is 0 Å². The van der Waals surface area contributed by atoms with Gasteiger partial charge in [0.05, 0.1) is 0 Å². The highest BCUT2D eigenvalue weighted by molar-refractivity contribution is 6.31. The predicted molar refractivity (Wildman–Crippen MR) is 34.9 cm³/mol. The van der Waals surface area contributed by atoms with E-state index in [2.05, 4.69) is 0 Å². The van der Waals surface area contributed by atoms with Gasteiger partial charge in [-0.15, -0.1) is 0 Å². The maximum Gasteiger partial charge on any atom is 0.133 e. The third-order valence-electron chi connectivity index (χ3n) is 0.856. The zero-order valence-corrected chi connectivity index (χ0v) is 4.77. The van der Waals surface area contributed by atoms with Crippen LogP contribution in [0, 0.1) is 0 Å². The molecule has 0 heterocycles. The van der Waals surface area contributed by atoms with Gasteiger partial charge >= 0.3 is 0 Å². The first-order valence-electron chi connectivity index (χ1n) is 2.46. The van der Waals surface area contributed by atoms with Crippen LogP contribution in [0.2, 0.25) is 6.32 Å². The molecule has 2 nitrogen and oxygen atoms in total. The van der Waals surface area contributed by atoms with Crippen molar-refractivity contribution in [3.05, 3.63) is 0 Å². The van der Waals surface area contributed by atoms with Gasteiger partial charge in [-0.3, -0.25) is 4.79 Å². The van der Waals surface area contributed by atoms with E-state index >= 15 is 0 Å². The van der Waals surface area contributed by atoms with Crippen LogP contribution in [-0.2, 0) is 4.79 Å². The first-order chi connectivity index (χ1) is 3.18. The molecule has 0 aliphatic carbocycles. The molecule has 1 atom stereocenters. The van der Waals surface area contributed by atoms with Crippen LogP contribution in [0.5, 0.6) is 0 Å². The zero-order valence-electron chi connectivity index (χ0n) is 4.77. The molecule has 0 saturated heterocycles. The Morgan fingerprint density at radius 1 is 1.86 bits per heavy atom. The van der Waals surface area contributed by atoms with Gasteiger partial charge in [0.2, 0.25) is 0 Å². The normalized spacial score (nSPS) is 13.3. The van der Waals surface area contributed by atoms with Crippen molar-refractivity contribution in [3.8, 4) is 0 Å². The maximum atomic E-state index is 10.4. The van der Waals surface area contributed by atoms with Gasteiger partial charge in [0.15, 0.2) is 0 Å². The van der Waals surface area contributed by atoms with Crippen LogP contribution in [0.1, 0.15) is 0 Å². The summed E-state index contributed by atoms with van der Waals surface area (Å²) in [4.78, 5) is 10.4. The Bertz CT molecular complexity index is 73.3. The largest absolute Gasteiger partial charge is 0.328 e. The fourth-order valence-electron chi connectivity index (χ4n) is 0.322. The van der Waals surface area contributed by atoms with E-state index in [1.165, 1.54) is 0 Å². The monoisotopic (exact) mass is 97.1 g/mol. The van der Waals surface area contributed by atoms with E-state index < -0.39 is 0 Å². The number of rotatable bonds is 2. The Labute approximate surface area is 45.3 Å². The molecule has 38 valence electrons. The topological polar surface area (TPSA) is 43.1 Å². The number of hydrogen-bond donors (Lipinski definition) is 1. The number of Topliss-reactive ketones (excluding diaryl/α,β-unsaturated/α-hetero) is 1. The van der Waals surface area contributed by atoms with Crippen molar-refractivity contribution in [2.45, 2.75) is 12.3 Å². The van der Waals surface area contributed by atoms with E-state index in [0.29, 0.717) is 6.32 Å². The molecule has 0 aromatic rings. The average Bonchev–Trinajstić information content (AvgIpc) is 1.65. The summed E-state index contributed by atoms with van der Waals surface area (Å²) in [5.41, 5.74) is 5.20. The Morgan fingerprint density at radius 3 is 2.29 bits per heavy atom. The summed E-state index contributed by atoms with van der Waals surface area (Å²) in [5.74, 6) is -0.148. The van der Waals surface area contributed by atoms with Gasteiger partial charge < -0.3 is 5.73 Å². The van der Waals surface area contributed by atoms with E-state index in [1.54, 1.807) is 7.85 Å². The van der Waals surface area contributed by atoms with Gasteiger partial charge in [-0.1, -0.05) is 0 Å². The summed E-state index contributed by atoms with van der Waals surface area (Å²) in [5, 5.41) is 0. The smallest absolute Gasteiger partial charge is 0.133 e. The zero-order chi connectivity index (χ0) is 5.86. The molecule has 0 bridgehead atoms. The van der Waals surface area contributed by atoms with Crippen molar-refractivity contribution in [3.63, 3.8) is 0 Å². The molecule has 0 fully saturated rings. The molecular formula is C3H9B2NO. The highest BCUT2D eigenvalue weighted by Gasteiger charge is 2.01. The molecule has 0 aliphatic heterocycles. The Morgan fingerprint density at radius 2 is 2.29 bits per heavy atom. The molecule has 0 aliphatic rings. The second-order valence-corrected chi connectivity index (χ2v) is 1.61. The minimum absolute atomic E-state index is 0.125. The molecular weight excluding hydrogens is 87.7 g/mol. The molecule has 0 amide bonds. The van der Waals surface area contributed by atoms with Crippen molar-refractivity contribution >= 4 is 21.5 Å². The number of ketones is 1. The van der Waals surface area contributed by atoms with E-state index in [1.807, 2.05) is 7.85 Å². The molecule has 2 N–H and O–H groups in total. The minimum atomic E-state index is -0.273. The molecule has 0 saturated carbocycles. The van der Waals surface area contributed by atoms with E-state index in [0.717, 1.165) is 0 Å². The molecule has 7 heavy (non-hydrogen) atoms. The molecule has 0 radical (unpaired) electrons. The van der Waals surface area contributed by atoms with Crippen LogP contribution in [0.4, 0.5) is 0 Å². The second kappa shape index (κ2) is 2.86. The van der Waals surface area contributed by atoms with Crippen LogP contribution in [0.15, 0.2) is 0 Å². The van der Waals surface area contributed by atoms with Gasteiger partial charge in [0.1, 0.15) is 21.5 Å². The standard InChI is InChI=1S/C3H9B2NO/c4-1-2(7)3(5)6/h3H,1,4-6H2. The van der Waals surface area contributed by atoms with E-state index in [-0.39, 0.29) is 11.7 Å². The summed E-state index contributed by atoms with van der Waals surface area (Å²) in [6.45, 7) is 0. The highest BCUT2D eigenvalue weighted by atomic mass is 16.1. The van der Waals surface area contributed by atoms with Gasteiger partial charge in [0.25, 0.3) is 0 Å². The number of carbonyl (C=O) groups is 1. The van der Waals surface area contributed by atoms with Gasteiger partial charge in [-0.25, -0.2) is 0 Å². The van der Waals surface area contributed by atoms with Crippen LogP contribution in [0.25, 0.3) is 0 Å². The quantitative estimate of drug-likeness (QED) is 0.387. The van der Waals surface area contributed by atoms with E-state index in [9.17, 15) is 4.79 Å². The van der Waals surface area contributed by atoms with Gasteiger partial charge in [0, 0.05) is 5.94 Å². The summed E-state index contributed by atoms with van der Waals surface area (Å²) in [6.07, 6.45) is 0.553. The van der Waals surface area contributed by atoms with Crippen molar-refractivity contribution in [1.29, 1.82) is 0 Å². The fraction of sp³-hybridized carbons (Fsp3) is 0.667. The first-order valence-corrected chi connectivity index (χ1v) is 2.46. The third kappa shape index (κ3) is 2.45. The maximum absolute atomic E-state index is 10.4. The van der Waals surface area contributed by atoms with Crippen molar-refractivity contribution in [2.24, 2.45) is 5.73 Å². The predicted octanol–water partition coefficient (Wildman–Crippen LogP) is -2.48. The van der Waals surface area contributed by atoms with Crippen LogP contribution >= 0.6 is 0 Å². The number of hydrogen-bond acceptors (Lipinski definition) is 2. The summed E-state index contributed by atoms with van der Waals surface area (Å²) in [7, 11) is 3.51. The SMILES string of the molecule is BCC(=O)C(B)N. The number of carbonyl (C=O) groups excluding carboxylic acids is 1. The van der Waals surface area contributed by atoms with Gasteiger partial charge in [-0.05, 0) is 6.32 Å². The van der Waals surface area contributed by atoms with Crippen LogP contribution < -0.4 is 5.73 Å².